The standard InChI is InChI=1S/C16H19NO4/c1-3-19-13-8-7-12(10-15(13)20-4-2)11-17-16(18)14-6-5-9-21-14/h5-10H,3-4,11H2,1-2H3,(H,17,18). The summed E-state index contributed by atoms with van der Waals surface area (Å²) < 4.78 is 16.1. The van der Waals surface area contributed by atoms with Crippen LogP contribution in [0.2, 0.25) is 0 Å². The molecule has 0 fully saturated rings. The molecule has 1 aromatic heterocycles. The van der Waals surface area contributed by atoms with Crippen LogP contribution in [0.15, 0.2) is 41.0 Å². The molecule has 0 aliphatic rings. The molecular formula is C16H19NO4. The minimum Gasteiger partial charge on any atom is -0.490 e. The lowest BCUT2D eigenvalue weighted by Crippen LogP contribution is -2.22. The van der Waals surface area contributed by atoms with E-state index < -0.39 is 0 Å². The van der Waals surface area contributed by atoms with Gasteiger partial charge in [-0.25, -0.2) is 0 Å². The zero-order chi connectivity index (χ0) is 15.1. The molecule has 0 aliphatic carbocycles. The Morgan fingerprint density at radius 3 is 2.57 bits per heavy atom. The number of hydrogen-bond acceptors (Lipinski definition) is 4. The number of carbonyl (C=O) groups excluding carboxylic acids is 1. The lowest BCUT2D eigenvalue weighted by atomic mass is 10.2. The zero-order valence-corrected chi connectivity index (χ0v) is 12.2. The first-order chi connectivity index (χ1) is 10.2. The summed E-state index contributed by atoms with van der Waals surface area (Å²) >= 11 is 0. The predicted molar refractivity (Wildman–Crippen MR) is 78.7 cm³/mol. The largest absolute Gasteiger partial charge is 0.490 e. The lowest BCUT2D eigenvalue weighted by Gasteiger charge is -2.12. The average Bonchev–Trinajstić information content (AvgIpc) is 3.02. The van der Waals surface area contributed by atoms with Crippen LogP contribution in [0.1, 0.15) is 30.0 Å². The van der Waals surface area contributed by atoms with Gasteiger partial charge in [-0.15, -0.1) is 0 Å². The highest BCUT2D eigenvalue weighted by molar-refractivity contribution is 5.91. The molecule has 21 heavy (non-hydrogen) atoms. The molecule has 2 aromatic rings. The molecule has 0 spiro atoms. The van der Waals surface area contributed by atoms with E-state index >= 15 is 0 Å². The fourth-order valence-electron chi connectivity index (χ4n) is 1.88. The second-order valence-electron chi connectivity index (χ2n) is 4.31. The number of amides is 1. The topological polar surface area (TPSA) is 60.7 Å². The number of ether oxygens (including phenoxy) is 2. The first kappa shape index (κ1) is 15.0. The summed E-state index contributed by atoms with van der Waals surface area (Å²) in [5.41, 5.74) is 0.932. The maximum absolute atomic E-state index is 11.8. The third-order valence-electron chi connectivity index (χ3n) is 2.81. The summed E-state index contributed by atoms with van der Waals surface area (Å²) in [6.07, 6.45) is 1.47. The van der Waals surface area contributed by atoms with Crippen molar-refractivity contribution in [1.82, 2.24) is 5.32 Å². The summed E-state index contributed by atoms with van der Waals surface area (Å²) in [6, 6.07) is 8.92. The predicted octanol–water partition coefficient (Wildman–Crippen LogP) is 3.01. The Morgan fingerprint density at radius 1 is 1.14 bits per heavy atom. The van der Waals surface area contributed by atoms with E-state index in [0.717, 1.165) is 5.56 Å². The maximum atomic E-state index is 11.8. The van der Waals surface area contributed by atoms with Crippen LogP contribution in [-0.2, 0) is 6.54 Å². The summed E-state index contributed by atoms with van der Waals surface area (Å²) in [4.78, 5) is 11.8. The van der Waals surface area contributed by atoms with Gasteiger partial charge in [-0.2, -0.15) is 0 Å². The minimum atomic E-state index is -0.244. The Kier molecular flexibility index (Phi) is 5.26. The van der Waals surface area contributed by atoms with Crippen molar-refractivity contribution in [3.05, 3.63) is 47.9 Å². The Balaban J connectivity index is 2.03. The molecule has 5 nitrogen and oxygen atoms in total. The molecule has 1 heterocycles. The van der Waals surface area contributed by atoms with Crippen molar-refractivity contribution < 1.29 is 18.7 Å². The molecule has 1 N–H and O–H groups in total. The van der Waals surface area contributed by atoms with E-state index in [1.165, 1.54) is 6.26 Å². The highest BCUT2D eigenvalue weighted by atomic mass is 16.5. The Labute approximate surface area is 123 Å². The van der Waals surface area contributed by atoms with Crippen molar-refractivity contribution in [3.63, 3.8) is 0 Å². The molecule has 1 aromatic carbocycles. The van der Waals surface area contributed by atoms with Gasteiger partial charge in [-0.3, -0.25) is 4.79 Å². The Morgan fingerprint density at radius 2 is 1.90 bits per heavy atom. The van der Waals surface area contributed by atoms with Crippen molar-refractivity contribution in [1.29, 1.82) is 0 Å². The fourth-order valence-corrected chi connectivity index (χ4v) is 1.88. The van der Waals surface area contributed by atoms with Gasteiger partial charge in [0.2, 0.25) is 0 Å². The molecule has 2 rings (SSSR count). The van der Waals surface area contributed by atoms with Crippen LogP contribution in [-0.4, -0.2) is 19.1 Å². The van der Waals surface area contributed by atoms with Crippen molar-refractivity contribution in [2.24, 2.45) is 0 Å². The van der Waals surface area contributed by atoms with Gasteiger partial charge < -0.3 is 19.2 Å². The van der Waals surface area contributed by atoms with Crippen molar-refractivity contribution >= 4 is 5.91 Å². The fraction of sp³-hybridized carbons (Fsp3) is 0.312. The van der Waals surface area contributed by atoms with E-state index in [1.54, 1.807) is 12.1 Å². The molecular weight excluding hydrogens is 270 g/mol. The highest BCUT2D eigenvalue weighted by Crippen LogP contribution is 2.28. The number of rotatable bonds is 7. The van der Waals surface area contributed by atoms with Crippen molar-refractivity contribution in [2.45, 2.75) is 20.4 Å². The van der Waals surface area contributed by atoms with Crippen molar-refractivity contribution in [2.75, 3.05) is 13.2 Å². The Hall–Kier alpha value is -2.43. The number of furan rings is 1. The first-order valence-electron chi connectivity index (χ1n) is 6.94. The van der Waals surface area contributed by atoms with Gasteiger partial charge in [0.25, 0.3) is 5.91 Å². The average molecular weight is 289 g/mol. The van der Waals surface area contributed by atoms with Crippen LogP contribution in [0, 0.1) is 0 Å². The molecule has 0 bridgehead atoms. The second-order valence-corrected chi connectivity index (χ2v) is 4.31. The molecule has 0 saturated heterocycles. The zero-order valence-electron chi connectivity index (χ0n) is 12.2. The first-order valence-corrected chi connectivity index (χ1v) is 6.94. The second kappa shape index (κ2) is 7.38. The molecule has 0 aliphatic heterocycles. The summed E-state index contributed by atoms with van der Waals surface area (Å²) in [5, 5.41) is 2.79. The number of nitrogens with one attached hydrogen (secondary N) is 1. The van der Waals surface area contributed by atoms with E-state index in [0.29, 0.717) is 37.0 Å². The molecule has 5 heteroatoms. The SMILES string of the molecule is CCOc1ccc(CNC(=O)c2ccco2)cc1OCC. The molecule has 0 atom stereocenters. The van der Waals surface area contributed by atoms with Crippen LogP contribution in [0.25, 0.3) is 0 Å². The maximum Gasteiger partial charge on any atom is 0.287 e. The van der Waals surface area contributed by atoms with E-state index in [1.807, 2.05) is 32.0 Å². The van der Waals surface area contributed by atoms with Gasteiger partial charge in [0.1, 0.15) is 0 Å². The number of benzene rings is 1. The van der Waals surface area contributed by atoms with Crippen LogP contribution in [0.5, 0.6) is 11.5 Å². The van der Waals surface area contributed by atoms with Gasteiger partial charge in [0, 0.05) is 6.54 Å². The Bertz CT molecular complexity index is 578. The normalized spacial score (nSPS) is 10.2. The quantitative estimate of drug-likeness (QED) is 0.851. The van der Waals surface area contributed by atoms with E-state index in [2.05, 4.69) is 5.32 Å². The minimum absolute atomic E-state index is 0.244. The van der Waals surface area contributed by atoms with E-state index in [-0.39, 0.29) is 5.91 Å². The molecule has 0 radical (unpaired) electrons. The van der Waals surface area contributed by atoms with Gasteiger partial charge in [0.15, 0.2) is 17.3 Å². The molecule has 112 valence electrons. The molecule has 1 amide bonds. The third-order valence-corrected chi connectivity index (χ3v) is 2.81. The van der Waals surface area contributed by atoms with Gasteiger partial charge in [-0.05, 0) is 43.7 Å². The van der Waals surface area contributed by atoms with Gasteiger partial charge in [0.05, 0.1) is 19.5 Å². The van der Waals surface area contributed by atoms with Crippen LogP contribution in [0.4, 0.5) is 0 Å². The number of carbonyl (C=O) groups is 1. The summed E-state index contributed by atoms with van der Waals surface area (Å²) in [6.45, 7) is 5.37. The molecule has 0 unspecified atom stereocenters. The van der Waals surface area contributed by atoms with Crippen LogP contribution < -0.4 is 14.8 Å². The molecule has 0 saturated carbocycles. The van der Waals surface area contributed by atoms with E-state index in [9.17, 15) is 4.79 Å². The smallest absolute Gasteiger partial charge is 0.287 e. The summed E-state index contributed by atoms with van der Waals surface area (Å²) in [5.74, 6) is 1.45. The van der Waals surface area contributed by atoms with Gasteiger partial charge >= 0.3 is 0 Å². The third kappa shape index (κ3) is 4.02. The summed E-state index contributed by atoms with van der Waals surface area (Å²) in [7, 11) is 0. The van der Waals surface area contributed by atoms with Gasteiger partial charge in [-0.1, -0.05) is 6.07 Å². The van der Waals surface area contributed by atoms with Crippen LogP contribution in [0.3, 0.4) is 0 Å². The highest BCUT2D eigenvalue weighted by Gasteiger charge is 2.10. The lowest BCUT2D eigenvalue weighted by molar-refractivity contribution is 0.0923. The van der Waals surface area contributed by atoms with E-state index in [4.69, 9.17) is 13.9 Å². The van der Waals surface area contributed by atoms with Crippen molar-refractivity contribution in [3.8, 4) is 11.5 Å². The van der Waals surface area contributed by atoms with Crippen LogP contribution >= 0.6 is 0 Å². The number of hydrogen-bond donors (Lipinski definition) is 1. The monoisotopic (exact) mass is 289 g/mol.